The average molecular weight is 733 g/mol. The maximum Gasteiger partial charge on any atom is -0.00137 e. The quantitative estimate of drug-likeness (QED) is 0.158. The molecule has 0 nitrogen and oxygen atoms in total. The molecule has 0 spiro atoms. The second-order valence-corrected chi connectivity index (χ2v) is 15.5. The number of fused-ring (bicyclic) bond motifs is 13. The Morgan fingerprint density at radius 3 is 0.966 bits per heavy atom. The van der Waals surface area contributed by atoms with Gasteiger partial charge in [0.2, 0.25) is 0 Å². The molecule has 0 fully saturated rings. The summed E-state index contributed by atoms with van der Waals surface area (Å²) in [7, 11) is 0. The Hall–Kier alpha value is -7.54. The van der Waals surface area contributed by atoms with Gasteiger partial charge < -0.3 is 0 Å². The highest BCUT2D eigenvalue weighted by Crippen LogP contribution is 2.48. The van der Waals surface area contributed by atoms with Crippen molar-refractivity contribution in [2.45, 2.75) is 0 Å². The van der Waals surface area contributed by atoms with E-state index in [2.05, 4.69) is 218 Å². The molecule has 0 aliphatic rings. The first kappa shape index (κ1) is 32.7. The van der Waals surface area contributed by atoms with Crippen LogP contribution in [-0.4, -0.2) is 0 Å². The van der Waals surface area contributed by atoms with Crippen molar-refractivity contribution in [3.8, 4) is 44.5 Å². The Labute approximate surface area is 336 Å². The molecule has 0 saturated heterocycles. The summed E-state index contributed by atoms with van der Waals surface area (Å²) < 4.78 is 0. The largest absolute Gasteiger partial charge is 0.0622 e. The summed E-state index contributed by atoms with van der Waals surface area (Å²) in [6, 6.07) is 80.9. The molecule has 0 saturated carbocycles. The van der Waals surface area contributed by atoms with E-state index in [-0.39, 0.29) is 0 Å². The van der Waals surface area contributed by atoms with Crippen molar-refractivity contribution >= 4 is 75.4 Å². The minimum atomic E-state index is 1.22. The van der Waals surface area contributed by atoms with E-state index in [1.54, 1.807) is 0 Å². The highest BCUT2D eigenvalue weighted by molar-refractivity contribution is 6.40. The lowest BCUT2D eigenvalue weighted by Gasteiger charge is -2.19. The van der Waals surface area contributed by atoms with E-state index in [4.69, 9.17) is 0 Å². The van der Waals surface area contributed by atoms with Crippen molar-refractivity contribution < 1.29 is 0 Å². The zero-order valence-corrected chi connectivity index (χ0v) is 31.8. The summed E-state index contributed by atoms with van der Waals surface area (Å²) >= 11 is 0. The smallest absolute Gasteiger partial charge is 0.00137 e. The lowest BCUT2D eigenvalue weighted by Crippen LogP contribution is -1.92. The first-order chi connectivity index (χ1) is 28.8. The molecular weight excluding hydrogens is 697 g/mol. The van der Waals surface area contributed by atoms with Crippen molar-refractivity contribution in [2.75, 3.05) is 0 Å². The second-order valence-electron chi connectivity index (χ2n) is 15.5. The molecule has 0 amide bonds. The van der Waals surface area contributed by atoms with Crippen LogP contribution in [0.1, 0.15) is 0 Å². The Kier molecular flexibility index (Phi) is 7.33. The van der Waals surface area contributed by atoms with E-state index >= 15 is 0 Å². The molecule has 0 heterocycles. The van der Waals surface area contributed by atoms with Crippen molar-refractivity contribution in [3.63, 3.8) is 0 Å². The van der Waals surface area contributed by atoms with E-state index in [0.29, 0.717) is 0 Å². The van der Waals surface area contributed by atoms with Gasteiger partial charge in [0, 0.05) is 0 Å². The van der Waals surface area contributed by atoms with E-state index in [1.165, 1.54) is 120 Å². The molecule has 0 heteroatoms. The van der Waals surface area contributed by atoms with E-state index < -0.39 is 0 Å². The number of benzene rings is 12. The van der Waals surface area contributed by atoms with Gasteiger partial charge in [0.25, 0.3) is 0 Å². The van der Waals surface area contributed by atoms with Crippen LogP contribution >= 0.6 is 0 Å². The van der Waals surface area contributed by atoms with E-state index in [0.717, 1.165) is 0 Å². The summed E-state index contributed by atoms with van der Waals surface area (Å²) in [4.78, 5) is 0. The highest BCUT2D eigenvalue weighted by atomic mass is 14.2. The van der Waals surface area contributed by atoms with Crippen LogP contribution in [0.15, 0.2) is 218 Å². The molecule has 0 aliphatic carbocycles. The first-order valence-corrected chi connectivity index (χ1v) is 20.2. The fourth-order valence-corrected chi connectivity index (χ4v) is 9.86. The van der Waals surface area contributed by atoms with Crippen molar-refractivity contribution in [3.05, 3.63) is 218 Å². The van der Waals surface area contributed by atoms with Crippen LogP contribution in [0.25, 0.3) is 120 Å². The van der Waals surface area contributed by atoms with Crippen LogP contribution < -0.4 is 0 Å². The molecule has 0 N–H and O–H groups in total. The maximum absolute atomic E-state index is 2.47. The summed E-state index contributed by atoms with van der Waals surface area (Å²) in [6.07, 6.45) is 0. The topological polar surface area (TPSA) is 0 Å². The van der Waals surface area contributed by atoms with Gasteiger partial charge in [-0.3, -0.25) is 0 Å². The maximum atomic E-state index is 2.47. The fraction of sp³-hybridized carbons (Fsp3) is 0. The molecule has 268 valence electrons. The average Bonchev–Trinajstić information content (AvgIpc) is 3.30. The van der Waals surface area contributed by atoms with Crippen LogP contribution in [-0.2, 0) is 0 Å². The van der Waals surface area contributed by atoms with Crippen LogP contribution in [0, 0.1) is 0 Å². The minimum Gasteiger partial charge on any atom is -0.0622 e. The number of rotatable bonds is 4. The van der Waals surface area contributed by atoms with Gasteiger partial charge in [-0.2, -0.15) is 0 Å². The Bertz CT molecular complexity index is 3350. The normalized spacial score (nSPS) is 11.8. The monoisotopic (exact) mass is 732 g/mol. The van der Waals surface area contributed by atoms with Gasteiger partial charge >= 0.3 is 0 Å². The molecule has 0 radical (unpaired) electrons. The molecule has 12 aromatic rings. The lowest BCUT2D eigenvalue weighted by atomic mass is 9.84. The molecular formula is C58H36. The van der Waals surface area contributed by atoms with Crippen LogP contribution in [0.5, 0.6) is 0 Å². The third-order valence-corrected chi connectivity index (χ3v) is 12.4. The van der Waals surface area contributed by atoms with Crippen molar-refractivity contribution in [2.24, 2.45) is 0 Å². The first-order valence-electron chi connectivity index (χ1n) is 20.2. The zero-order chi connectivity index (χ0) is 38.2. The van der Waals surface area contributed by atoms with Crippen LogP contribution in [0.2, 0.25) is 0 Å². The Morgan fingerprint density at radius 2 is 0.534 bits per heavy atom. The molecule has 58 heavy (non-hydrogen) atoms. The highest BCUT2D eigenvalue weighted by Gasteiger charge is 2.20. The molecule has 12 aromatic carbocycles. The minimum absolute atomic E-state index is 1.22. The van der Waals surface area contributed by atoms with Gasteiger partial charge in [-0.15, -0.1) is 0 Å². The molecule has 0 aromatic heterocycles. The SMILES string of the molecule is c1ccc(-c2c(-c3ccc4c5ccccc5c5c6cc(-c7ccc8ccccc8c7-c7ccccc7)ccc6c6ccccc6c5c4c3)ccc3ccccc23)cc1. The van der Waals surface area contributed by atoms with Crippen molar-refractivity contribution in [1.82, 2.24) is 0 Å². The van der Waals surface area contributed by atoms with Gasteiger partial charge in [-0.25, -0.2) is 0 Å². The molecule has 0 aliphatic heterocycles. The number of hydrogen-bond acceptors (Lipinski definition) is 0. The summed E-state index contributed by atoms with van der Waals surface area (Å²) in [5, 5.41) is 17.8. The van der Waals surface area contributed by atoms with Gasteiger partial charge in [0.1, 0.15) is 0 Å². The lowest BCUT2D eigenvalue weighted by molar-refractivity contribution is 1.62. The molecule has 0 bridgehead atoms. The Balaban J connectivity index is 1.21. The molecule has 0 atom stereocenters. The predicted molar refractivity (Wildman–Crippen MR) is 251 cm³/mol. The summed E-state index contributed by atoms with van der Waals surface area (Å²) in [5.74, 6) is 0. The third-order valence-electron chi connectivity index (χ3n) is 12.4. The zero-order valence-electron chi connectivity index (χ0n) is 31.8. The standard InChI is InChI=1S/C58H36/c1-3-17-39(18-4-1)55-43-21-9-7-15-37(43)27-31-45(55)41-29-33-49-47-23-11-14-26-52(47)58-54-36-42(30-34-50(54)48-24-12-13-25-51(48)57(58)53(49)35-41)46-32-28-38-16-8-10-22-44(38)56(46)40-19-5-2-6-20-40/h1-36H. The van der Waals surface area contributed by atoms with Gasteiger partial charge in [0.05, 0.1) is 0 Å². The second kappa shape index (κ2) is 13.0. The third kappa shape index (κ3) is 4.95. The number of hydrogen-bond donors (Lipinski definition) is 0. The van der Waals surface area contributed by atoms with E-state index in [1.807, 2.05) is 0 Å². The Morgan fingerprint density at radius 1 is 0.190 bits per heavy atom. The van der Waals surface area contributed by atoms with Crippen molar-refractivity contribution in [1.29, 1.82) is 0 Å². The summed E-state index contributed by atoms with van der Waals surface area (Å²) in [5.41, 5.74) is 9.91. The molecule has 0 unspecified atom stereocenters. The molecule has 12 rings (SSSR count). The van der Waals surface area contributed by atoms with E-state index in [9.17, 15) is 0 Å². The summed E-state index contributed by atoms with van der Waals surface area (Å²) in [6.45, 7) is 0. The predicted octanol–water partition coefficient (Wildman–Crippen LogP) is 16.4. The van der Waals surface area contributed by atoms with Gasteiger partial charge in [-0.1, -0.05) is 206 Å². The van der Waals surface area contributed by atoms with Crippen LogP contribution in [0.3, 0.4) is 0 Å². The fourth-order valence-electron chi connectivity index (χ4n) is 9.86. The van der Waals surface area contributed by atoms with Gasteiger partial charge in [0.15, 0.2) is 0 Å². The van der Waals surface area contributed by atoms with Crippen LogP contribution in [0.4, 0.5) is 0 Å². The van der Waals surface area contributed by atoms with Gasteiger partial charge in [-0.05, 0) is 132 Å².